The minimum atomic E-state index is -3.46. The van der Waals surface area contributed by atoms with Crippen LogP contribution in [0.3, 0.4) is 0 Å². The Labute approximate surface area is 134 Å². The number of rotatable bonds is 7. The zero-order valence-corrected chi connectivity index (χ0v) is 15.1. The van der Waals surface area contributed by atoms with Crippen molar-refractivity contribution in [3.8, 4) is 0 Å². The molecule has 20 heavy (non-hydrogen) atoms. The highest BCUT2D eigenvalue weighted by Crippen LogP contribution is 2.26. The second-order valence-electron chi connectivity index (χ2n) is 4.73. The Morgan fingerprint density at radius 2 is 1.90 bits per heavy atom. The largest absolute Gasteiger partial charge is 0.309 e. The third kappa shape index (κ3) is 4.70. The van der Waals surface area contributed by atoms with E-state index in [2.05, 4.69) is 15.9 Å². The van der Waals surface area contributed by atoms with E-state index in [1.807, 2.05) is 25.9 Å². The summed E-state index contributed by atoms with van der Waals surface area (Å²) >= 11 is 9.16. The van der Waals surface area contributed by atoms with Crippen LogP contribution in [0.4, 0.5) is 0 Å². The van der Waals surface area contributed by atoms with Crippen molar-refractivity contribution in [2.24, 2.45) is 0 Å². The van der Waals surface area contributed by atoms with E-state index in [-0.39, 0.29) is 4.90 Å². The van der Waals surface area contributed by atoms with Crippen LogP contribution >= 0.6 is 27.5 Å². The van der Waals surface area contributed by atoms with Gasteiger partial charge < -0.3 is 4.90 Å². The SMILES string of the molecule is CCN(CCCN(C)C)S(=O)(=O)c1ccc(Cl)c(Br)c1. The third-order valence-electron chi connectivity index (χ3n) is 2.89. The summed E-state index contributed by atoms with van der Waals surface area (Å²) < 4.78 is 27.2. The van der Waals surface area contributed by atoms with Crippen LogP contribution in [0.25, 0.3) is 0 Å². The minimum Gasteiger partial charge on any atom is -0.309 e. The molecule has 0 atom stereocenters. The van der Waals surface area contributed by atoms with Crippen LogP contribution < -0.4 is 0 Å². The van der Waals surface area contributed by atoms with Gasteiger partial charge in [0, 0.05) is 17.6 Å². The van der Waals surface area contributed by atoms with Gasteiger partial charge in [0.25, 0.3) is 0 Å². The highest BCUT2D eigenvalue weighted by Gasteiger charge is 2.23. The number of hydrogen-bond donors (Lipinski definition) is 0. The van der Waals surface area contributed by atoms with Gasteiger partial charge in [0.2, 0.25) is 10.0 Å². The van der Waals surface area contributed by atoms with Gasteiger partial charge in [-0.15, -0.1) is 0 Å². The smallest absolute Gasteiger partial charge is 0.243 e. The van der Waals surface area contributed by atoms with Crippen LogP contribution in [0, 0.1) is 0 Å². The van der Waals surface area contributed by atoms with Crippen LogP contribution in [0.15, 0.2) is 27.6 Å². The number of hydrogen-bond acceptors (Lipinski definition) is 3. The summed E-state index contributed by atoms with van der Waals surface area (Å²) in [7, 11) is 0.484. The lowest BCUT2D eigenvalue weighted by Crippen LogP contribution is -2.33. The fourth-order valence-electron chi connectivity index (χ4n) is 1.80. The van der Waals surface area contributed by atoms with Gasteiger partial charge in [-0.25, -0.2) is 8.42 Å². The number of sulfonamides is 1. The normalized spacial score (nSPS) is 12.3. The summed E-state index contributed by atoms with van der Waals surface area (Å²) in [5.41, 5.74) is 0. The van der Waals surface area contributed by atoms with E-state index < -0.39 is 10.0 Å². The highest BCUT2D eigenvalue weighted by atomic mass is 79.9. The molecule has 0 aliphatic carbocycles. The van der Waals surface area contributed by atoms with E-state index in [1.54, 1.807) is 12.1 Å². The Balaban J connectivity index is 2.91. The molecule has 0 bridgehead atoms. The summed E-state index contributed by atoms with van der Waals surface area (Å²) in [6.45, 7) is 3.67. The molecule has 1 aromatic carbocycles. The van der Waals surface area contributed by atoms with E-state index in [0.29, 0.717) is 22.6 Å². The zero-order valence-electron chi connectivity index (χ0n) is 11.9. The van der Waals surface area contributed by atoms with E-state index >= 15 is 0 Å². The second-order valence-corrected chi connectivity index (χ2v) is 7.93. The van der Waals surface area contributed by atoms with Crippen molar-refractivity contribution in [1.82, 2.24) is 9.21 Å². The third-order valence-corrected chi connectivity index (χ3v) is 6.08. The Morgan fingerprint density at radius 1 is 1.25 bits per heavy atom. The van der Waals surface area contributed by atoms with Gasteiger partial charge in [0.05, 0.1) is 9.92 Å². The first-order valence-corrected chi connectivity index (χ1v) is 9.00. The molecule has 114 valence electrons. The summed E-state index contributed by atoms with van der Waals surface area (Å²) in [5, 5.41) is 0.500. The van der Waals surface area contributed by atoms with Crippen LogP contribution in [0.5, 0.6) is 0 Å². The molecule has 0 aromatic heterocycles. The summed E-state index contributed by atoms with van der Waals surface area (Å²) in [4.78, 5) is 2.31. The molecule has 1 rings (SSSR count). The summed E-state index contributed by atoms with van der Waals surface area (Å²) in [6.07, 6.45) is 0.800. The van der Waals surface area contributed by atoms with Crippen LogP contribution in [0.2, 0.25) is 5.02 Å². The Morgan fingerprint density at radius 3 is 2.40 bits per heavy atom. The van der Waals surface area contributed by atoms with Crippen LogP contribution in [0.1, 0.15) is 13.3 Å². The standard InChI is InChI=1S/C13H20BrClN2O2S/c1-4-17(9-5-8-16(2)3)20(18,19)11-6-7-13(15)12(14)10-11/h6-7,10H,4-5,8-9H2,1-3H3. The highest BCUT2D eigenvalue weighted by molar-refractivity contribution is 9.10. The van der Waals surface area contributed by atoms with Gasteiger partial charge in [0.1, 0.15) is 0 Å². The van der Waals surface area contributed by atoms with Gasteiger partial charge in [-0.2, -0.15) is 4.31 Å². The van der Waals surface area contributed by atoms with Crippen LogP contribution in [-0.2, 0) is 10.0 Å². The molecule has 0 radical (unpaired) electrons. The molecule has 0 spiro atoms. The Hall–Kier alpha value is -0.140. The molecule has 0 fully saturated rings. The van der Waals surface area contributed by atoms with Crippen molar-refractivity contribution >= 4 is 37.6 Å². The molecule has 0 aliphatic heterocycles. The molecule has 0 saturated carbocycles. The van der Waals surface area contributed by atoms with Crippen LogP contribution in [-0.4, -0.2) is 51.4 Å². The maximum atomic E-state index is 12.6. The van der Waals surface area contributed by atoms with Crippen molar-refractivity contribution in [2.45, 2.75) is 18.2 Å². The van der Waals surface area contributed by atoms with Crippen molar-refractivity contribution in [3.63, 3.8) is 0 Å². The molecular weight excluding hydrogens is 364 g/mol. The average molecular weight is 384 g/mol. The quantitative estimate of drug-likeness (QED) is 0.726. The second kappa shape index (κ2) is 7.75. The molecule has 0 amide bonds. The fraction of sp³-hybridized carbons (Fsp3) is 0.538. The molecule has 7 heteroatoms. The molecule has 0 aliphatic rings. The van der Waals surface area contributed by atoms with Gasteiger partial charge in [0.15, 0.2) is 0 Å². The fourth-order valence-corrected chi connectivity index (χ4v) is 3.96. The van der Waals surface area contributed by atoms with Crippen molar-refractivity contribution < 1.29 is 8.42 Å². The van der Waals surface area contributed by atoms with Crippen molar-refractivity contribution in [1.29, 1.82) is 0 Å². The zero-order chi connectivity index (χ0) is 15.3. The molecule has 0 heterocycles. The van der Waals surface area contributed by atoms with Gasteiger partial charge in [-0.05, 0) is 61.2 Å². The van der Waals surface area contributed by atoms with Crippen molar-refractivity contribution in [2.75, 3.05) is 33.7 Å². The first kappa shape index (κ1) is 17.9. The molecule has 0 unspecified atom stereocenters. The van der Waals surface area contributed by atoms with Gasteiger partial charge in [-0.1, -0.05) is 18.5 Å². The van der Waals surface area contributed by atoms with Crippen molar-refractivity contribution in [3.05, 3.63) is 27.7 Å². The Bertz CT molecular complexity index is 549. The summed E-state index contributed by atoms with van der Waals surface area (Å²) in [5.74, 6) is 0. The lowest BCUT2D eigenvalue weighted by molar-refractivity contribution is 0.356. The lowest BCUT2D eigenvalue weighted by Gasteiger charge is -2.21. The first-order valence-electron chi connectivity index (χ1n) is 6.39. The number of benzene rings is 1. The first-order chi connectivity index (χ1) is 9.28. The number of nitrogens with zero attached hydrogens (tertiary/aromatic N) is 2. The van der Waals surface area contributed by atoms with E-state index in [0.717, 1.165) is 13.0 Å². The van der Waals surface area contributed by atoms with Gasteiger partial charge in [-0.3, -0.25) is 0 Å². The monoisotopic (exact) mass is 382 g/mol. The van der Waals surface area contributed by atoms with E-state index in [9.17, 15) is 8.42 Å². The maximum Gasteiger partial charge on any atom is 0.243 e. The lowest BCUT2D eigenvalue weighted by atomic mass is 10.4. The van der Waals surface area contributed by atoms with E-state index in [1.165, 1.54) is 10.4 Å². The number of halogens is 2. The Kier molecular flexibility index (Phi) is 6.94. The average Bonchev–Trinajstić information content (AvgIpc) is 2.37. The minimum absolute atomic E-state index is 0.264. The molecule has 1 aromatic rings. The molecular formula is C13H20BrClN2O2S. The molecule has 0 N–H and O–H groups in total. The van der Waals surface area contributed by atoms with E-state index in [4.69, 9.17) is 11.6 Å². The topological polar surface area (TPSA) is 40.6 Å². The maximum absolute atomic E-state index is 12.6. The van der Waals surface area contributed by atoms with Gasteiger partial charge >= 0.3 is 0 Å². The molecule has 0 saturated heterocycles. The predicted molar refractivity (Wildman–Crippen MR) is 86.8 cm³/mol. The predicted octanol–water partition coefficient (Wildman–Crippen LogP) is 3.06. The molecule has 4 nitrogen and oxygen atoms in total. The summed E-state index contributed by atoms with van der Waals surface area (Å²) in [6, 6.07) is 4.68.